The van der Waals surface area contributed by atoms with Crippen molar-refractivity contribution >= 4 is 11.6 Å². The maximum atomic E-state index is 13.1. The van der Waals surface area contributed by atoms with Crippen LogP contribution in [0.1, 0.15) is 25.5 Å². The van der Waals surface area contributed by atoms with Crippen LogP contribution in [-0.4, -0.2) is 11.7 Å². The Balaban J connectivity index is 3.06. The maximum Gasteiger partial charge on any atom is 0.125 e. The molecule has 0 aromatic heterocycles. The van der Waals surface area contributed by atoms with Crippen molar-refractivity contribution in [3.8, 4) is 0 Å². The van der Waals surface area contributed by atoms with Gasteiger partial charge in [-0.1, -0.05) is 25.4 Å². The number of benzene rings is 1. The highest BCUT2D eigenvalue weighted by molar-refractivity contribution is 6.30. The first-order valence-electron chi connectivity index (χ1n) is 4.69. The van der Waals surface area contributed by atoms with Gasteiger partial charge in [0.05, 0.1) is 0 Å². The Hall–Kier alpha value is -0.640. The van der Waals surface area contributed by atoms with E-state index in [4.69, 9.17) is 22.4 Å². The molecule has 0 unspecified atom stereocenters. The predicted molar refractivity (Wildman–Crippen MR) is 59.2 cm³/mol. The van der Waals surface area contributed by atoms with Gasteiger partial charge >= 0.3 is 0 Å². The lowest BCUT2D eigenvalue weighted by atomic mass is 9.82. The largest absolute Gasteiger partial charge is 0.396 e. The molecule has 1 rings (SSSR count). The topological polar surface area (TPSA) is 46.2 Å². The first kappa shape index (κ1) is 12.4. The fraction of sp³-hybridized carbons (Fsp3) is 0.455. The van der Waals surface area contributed by atoms with E-state index >= 15 is 0 Å². The smallest absolute Gasteiger partial charge is 0.125 e. The number of halogens is 2. The van der Waals surface area contributed by atoms with Crippen molar-refractivity contribution in [1.82, 2.24) is 0 Å². The molecule has 0 aliphatic heterocycles. The van der Waals surface area contributed by atoms with Gasteiger partial charge in [-0.05, 0) is 23.8 Å². The molecule has 1 aromatic carbocycles. The molecule has 0 bridgehead atoms. The molecule has 4 heteroatoms. The van der Waals surface area contributed by atoms with Gasteiger partial charge in [-0.15, -0.1) is 0 Å². The minimum Gasteiger partial charge on any atom is -0.396 e. The van der Waals surface area contributed by atoms with E-state index in [9.17, 15) is 4.39 Å². The minimum absolute atomic E-state index is 0.0672. The summed E-state index contributed by atoms with van der Waals surface area (Å²) in [4.78, 5) is 0. The van der Waals surface area contributed by atoms with Crippen molar-refractivity contribution in [3.63, 3.8) is 0 Å². The van der Waals surface area contributed by atoms with Gasteiger partial charge < -0.3 is 10.8 Å². The standard InChI is InChI=1S/C11H15ClFNO/c1-11(2,6-15)10(14)7-3-8(12)5-9(13)4-7/h3-5,10,15H,6,14H2,1-2H3/t10-/m1/s1. The summed E-state index contributed by atoms with van der Waals surface area (Å²) in [6, 6.07) is 3.74. The molecule has 2 nitrogen and oxygen atoms in total. The van der Waals surface area contributed by atoms with Crippen LogP contribution in [0.4, 0.5) is 4.39 Å². The van der Waals surface area contributed by atoms with E-state index in [1.54, 1.807) is 6.07 Å². The van der Waals surface area contributed by atoms with Crippen LogP contribution in [0.15, 0.2) is 18.2 Å². The van der Waals surface area contributed by atoms with Crippen molar-refractivity contribution in [2.75, 3.05) is 6.61 Å². The quantitative estimate of drug-likeness (QED) is 0.840. The SMILES string of the molecule is CC(C)(CO)[C@H](N)c1cc(F)cc(Cl)c1. The fourth-order valence-corrected chi connectivity index (χ4v) is 1.53. The predicted octanol–water partition coefficient (Wildman–Crippen LogP) is 2.50. The number of rotatable bonds is 3. The van der Waals surface area contributed by atoms with E-state index in [1.165, 1.54) is 12.1 Å². The third-order valence-electron chi connectivity index (χ3n) is 2.49. The van der Waals surface area contributed by atoms with Crippen molar-refractivity contribution < 1.29 is 9.50 Å². The van der Waals surface area contributed by atoms with E-state index < -0.39 is 17.3 Å². The summed E-state index contributed by atoms with van der Waals surface area (Å²) >= 11 is 5.73. The van der Waals surface area contributed by atoms with Gasteiger partial charge in [-0.3, -0.25) is 0 Å². The molecule has 0 heterocycles. The molecular weight excluding hydrogens is 217 g/mol. The molecule has 0 fully saturated rings. The fourth-order valence-electron chi connectivity index (χ4n) is 1.30. The molecule has 0 spiro atoms. The molecule has 0 aliphatic rings. The molecule has 3 N–H and O–H groups in total. The van der Waals surface area contributed by atoms with Crippen molar-refractivity contribution in [1.29, 1.82) is 0 Å². The second-order valence-electron chi connectivity index (χ2n) is 4.33. The summed E-state index contributed by atoms with van der Waals surface area (Å²) in [6.07, 6.45) is 0. The highest BCUT2D eigenvalue weighted by atomic mass is 35.5. The summed E-state index contributed by atoms with van der Waals surface area (Å²) in [7, 11) is 0. The second-order valence-corrected chi connectivity index (χ2v) is 4.76. The van der Waals surface area contributed by atoms with Crippen LogP contribution in [0, 0.1) is 11.2 Å². The maximum absolute atomic E-state index is 13.1. The van der Waals surface area contributed by atoms with E-state index in [1.807, 2.05) is 13.8 Å². The monoisotopic (exact) mass is 231 g/mol. The lowest BCUT2D eigenvalue weighted by Crippen LogP contribution is -2.32. The molecule has 0 aliphatic carbocycles. The summed E-state index contributed by atoms with van der Waals surface area (Å²) in [5, 5.41) is 9.47. The van der Waals surface area contributed by atoms with Crippen LogP contribution in [0.3, 0.4) is 0 Å². The zero-order valence-electron chi connectivity index (χ0n) is 8.80. The number of aliphatic hydroxyl groups excluding tert-OH is 1. The Labute approximate surface area is 93.9 Å². The van der Waals surface area contributed by atoms with E-state index in [0.717, 1.165) is 0 Å². The Morgan fingerprint density at radius 1 is 1.47 bits per heavy atom. The molecule has 0 saturated heterocycles. The van der Waals surface area contributed by atoms with Gasteiger partial charge in [-0.2, -0.15) is 0 Å². The Morgan fingerprint density at radius 3 is 2.53 bits per heavy atom. The second kappa shape index (κ2) is 4.47. The molecule has 0 saturated carbocycles. The lowest BCUT2D eigenvalue weighted by Gasteiger charge is -2.29. The molecular formula is C11H15ClFNO. The number of hydrogen-bond acceptors (Lipinski definition) is 2. The van der Waals surface area contributed by atoms with Crippen LogP contribution in [-0.2, 0) is 0 Å². The van der Waals surface area contributed by atoms with Crippen molar-refractivity contribution in [2.24, 2.45) is 11.1 Å². The third kappa shape index (κ3) is 2.91. The normalized spacial score (nSPS) is 14.0. The summed E-state index contributed by atoms with van der Waals surface area (Å²) < 4.78 is 13.1. The van der Waals surface area contributed by atoms with Crippen LogP contribution < -0.4 is 5.73 Å². The van der Waals surface area contributed by atoms with Gasteiger partial charge in [0.1, 0.15) is 5.82 Å². The van der Waals surface area contributed by atoms with E-state index in [-0.39, 0.29) is 6.61 Å². The highest BCUT2D eigenvalue weighted by Gasteiger charge is 2.27. The summed E-state index contributed by atoms with van der Waals surface area (Å²) in [5.41, 5.74) is 6.03. The molecule has 15 heavy (non-hydrogen) atoms. The van der Waals surface area contributed by atoms with Crippen LogP contribution >= 0.6 is 11.6 Å². The molecule has 0 amide bonds. The zero-order chi connectivity index (χ0) is 11.6. The van der Waals surface area contributed by atoms with Gasteiger partial charge in [0.15, 0.2) is 0 Å². The molecule has 84 valence electrons. The minimum atomic E-state index is -0.503. The Kier molecular flexibility index (Phi) is 3.71. The summed E-state index contributed by atoms with van der Waals surface area (Å²) in [6.45, 7) is 3.56. The Morgan fingerprint density at radius 2 is 2.07 bits per heavy atom. The third-order valence-corrected chi connectivity index (χ3v) is 2.71. The molecule has 0 radical (unpaired) electrons. The van der Waals surface area contributed by atoms with E-state index in [0.29, 0.717) is 10.6 Å². The van der Waals surface area contributed by atoms with Crippen LogP contribution in [0.2, 0.25) is 5.02 Å². The van der Waals surface area contributed by atoms with Crippen LogP contribution in [0.25, 0.3) is 0 Å². The average Bonchev–Trinajstić information content (AvgIpc) is 2.15. The summed E-state index contributed by atoms with van der Waals surface area (Å²) in [5.74, 6) is -0.415. The number of nitrogens with two attached hydrogens (primary N) is 1. The molecule has 1 aromatic rings. The van der Waals surface area contributed by atoms with Crippen molar-refractivity contribution in [2.45, 2.75) is 19.9 Å². The van der Waals surface area contributed by atoms with Crippen molar-refractivity contribution in [3.05, 3.63) is 34.6 Å². The first-order valence-corrected chi connectivity index (χ1v) is 5.07. The van der Waals surface area contributed by atoms with Gasteiger partial charge in [0.2, 0.25) is 0 Å². The van der Waals surface area contributed by atoms with E-state index in [2.05, 4.69) is 0 Å². The number of hydrogen-bond donors (Lipinski definition) is 2. The zero-order valence-corrected chi connectivity index (χ0v) is 9.55. The van der Waals surface area contributed by atoms with Gasteiger partial charge in [0, 0.05) is 23.1 Å². The van der Waals surface area contributed by atoms with Crippen LogP contribution in [0.5, 0.6) is 0 Å². The molecule has 1 atom stereocenters. The highest BCUT2D eigenvalue weighted by Crippen LogP contribution is 2.32. The first-order chi connectivity index (χ1) is 6.86. The Bertz CT molecular complexity index is 334. The van der Waals surface area contributed by atoms with Gasteiger partial charge in [-0.25, -0.2) is 4.39 Å². The number of aliphatic hydroxyl groups is 1. The van der Waals surface area contributed by atoms with Gasteiger partial charge in [0.25, 0.3) is 0 Å². The lowest BCUT2D eigenvalue weighted by molar-refractivity contribution is 0.132. The average molecular weight is 232 g/mol.